The average Bonchev–Trinajstić information content (AvgIpc) is 3.08. The Bertz CT molecular complexity index is 1300. The van der Waals surface area contributed by atoms with Crippen molar-refractivity contribution >= 4 is 27.0 Å². The minimum atomic E-state index is -3.47. The molecule has 0 bridgehead atoms. The average molecular weight is 478 g/mol. The van der Waals surface area contributed by atoms with E-state index in [2.05, 4.69) is 21.2 Å². The number of alkyl halides is 1. The highest BCUT2D eigenvalue weighted by molar-refractivity contribution is 7.88. The van der Waals surface area contributed by atoms with Crippen LogP contribution in [0.15, 0.2) is 11.0 Å². The Morgan fingerprint density at radius 2 is 2.12 bits per heavy atom. The molecular formula is C22H28FN5O4S. The molecule has 2 fully saturated rings. The molecule has 0 unspecified atom stereocenters. The van der Waals surface area contributed by atoms with Gasteiger partial charge in [0.1, 0.15) is 11.8 Å². The van der Waals surface area contributed by atoms with Crippen molar-refractivity contribution in [2.75, 3.05) is 24.7 Å². The van der Waals surface area contributed by atoms with E-state index in [0.29, 0.717) is 29.4 Å². The highest BCUT2D eigenvalue weighted by Gasteiger charge is 2.40. The molecule has 0 spiro atoms. The van der Waals surface area contributed by atoms with E-state index >= 15 is 0 Å². The molecule has 4 atom stereocenters. The fourth-order valence-corrected chi connectivity index (χ4v) is 5.76. The standard InChI is InChI=1S/C22H28FN5O4S/c1-5-14-13(2)15-11-24-21(25-17-8-10-27(12-16(17)23)33(4,31)32)26-19(15)28(20(14)29)18-7-6-9-22(18,3)30/h1,11,16-18,30H,6-10,12H2,2-4H3,(H,24,25,26)/t16-,17-,18-,22-/m1/s1. The van der Waals surface area contributed by atoms with Crippen molar-refractivity contribution in [3.8, 4) is 12.3 Å². The number of pyridine rings is 1. The van der Waals surface area contributed by atoms with Crippen LogP contribution in [0.1, 0.15) is 49.8 Å². The number of nitrogens with one attached hydrogen (secondary N) is 1. The molecule has 178 valence electrons. The Hall–Kier alpha value is -2.55. The minimum absolute atomic E-state index is 0.126. The number of aromatic nitrogens is 3. The highest BCUT2D eigenvalue weighted by Crippen LogP contribution is 2.39. The summed E-state index contributed by atoms with van der Waals surface area (Å²) >= 11 is 0. The van der Waals surface area contributed by atoms with Crippen LogP contribution in [0.3, 0.4) is 0 Å². The Kier molecular flexibility index (Phi) is 5.97. The van der Waals surface area contributed by atoms with Gasteiger partial charge in [-0.1, -0.05) is 5.92 Å². The molecule has 33 heavy (non-hydrogen) atoms. The third-order valence-electron chi connectivity index (χ3n) is 6.83. The van der Waals surface area contributed by atoms with E-state index in [1.807, 2.05) is 0 Å². The number of sulfonamides is 1. The second kappa shape index (κ2) is 8.34. The van der Waals surface area contributed by atoms with Crippen LogP contribution in [0.25, 0.3) is 11.0 Å². The van der Waals surface area contributed by atoms with Gasteiger partial charge in [-0.2, -0.15) is 9.29 Å². The Morgan fingerprint density at radius 1 is 1.39 bits per heavy atom. The van der Waals surface area contributed by atoms with E-state index in [1.54, 1.807) is 20.0 Å². The molecule has 1 aliphatic heterocycles. The molecule has 2 aromatic rings. The predicted molar refractivity (Wildman–Crippen MR) is 123 cm³/mol. The number of terminal acetylenes is 1. The number of rotatable bonds is 4. The molecule has 3 heterocycles. The maximum atomic E-state index is 14.7. The van der Waals surface area contributed by atoms with E-state index < -0.39 is 39.4 Å². The maximum Gasteiger partial charge on any atom is 0.268 e. The van der Waals surface area contributed by atoms with Crippen LogP contribution in [0.5, 0.6) is 0 Å². The van der Waals surface area contributed by atoms with Gasteiger partial charge in [-0.3, -0.25) is 9.36 Å². The van der Waals surface area contributed by atoms with Gasteiger partial charge in [-0.05, 0) is 45.1 Å². The van der Waals surface area contributed by atoms with Gasteiger partial charge in [-0.15, -0.1) is 6.42 Å². The zero-order valence-electron chi connectivity index (χ0n) is 18.9. The molecule has 2 N–H and O–H groups in total. The Balaban J connectivity index is 1.75. The second-order valence-corrected chi connectivity index (χ2v) is 11.2. The summed E-state index contributed by atoms with van der Waals surface area (Å²) in [4.78, 5) is 22.1. The van der Waals surface area contributed by atoms with Crippen LogP contribution in [0, 0.1) is 19.3 Å². The lowest BCUT2D eigenvalue weighted by atomic mass is 9.98. The van der Waals surface area contributed by atoms with Crippen LogP contribution in [0.4, 0.5) is 10.3 Å². The third kappa shape index (κ3) is 4.23. The van der Waals surface area contributed by atoms with Crippen LogP contribution in [-0.2, 0) is 10.0 Å². The van der Waals surface area contributed by atoms with E-state index in [4.69, 9.17) is 6.42 Å². The second-order valence-electron chi connectivity index (χ2n) is 9.19. The lowest BCUT2D eigenvalue weighted by Gasteiger charge is -2.33. The molecule has 0 radical (unpaired) electrons. The summed E-state index contributed by atoms with van der Waals surface area (Å²) in [6.45, 7) is 3.36. The number of aliphatic hydroxyl groups is 1. The molecule has 11 heteroatoms. The number of anilines is 1. The van der Waals surface area contributed by atoms with Gasteiger partial charge in [-0.25, -0.2) is 17.8 Å². The van der Waals surface area contributed by atoms with Crippen LogP contribution in [-0.4, -0.2) is 69.5 Å². The van der Waals surface area contributed by atoms with Gasteiger partial charge in [0, 0.05) is 24.7 Å². The summed E-state index contributed by atoms with van der Waals surface area (Å²) in [6.07, 6.45) is 8.91. The number of fused-ring (bicyclic) bond motifs is 1. The van der Waals surface area contributed by atoms with Gasteiger partial charge in [0.15, 0.2) is 0 Å². The van der Waals surface area contributed by atoms with E-state index in [1.165, 1.54) is 4.57 Å². The van der Waals surface area contributed by atoms with Gasteiger partial charge < -0.3 is 10.4 Å². The van der Waals surface area contributed by atoms with Gasteiger partial charge in [0.2, 0.25) is 16.0 Å². The quantitative estimate of drug-likeness (QED) is 0.638. The monoisotopic (exact) mass is 477 g/mol. The van der Waals surface area contributed by atoms with Gasteiger partial charge in [0.25, 0.3) is 5.56 Å². The smallest absolute Gasteiger partial charge is 0.268 e. The first-order valence-electron chi connectivity index (χ1n) is 10.9. The molecular weight excluding hydrogens is 449 g/mol. The van der Waals surface area contributed by atoms with Crippen molar-refractivity contribution < 1.29 is 17.9 Å². The van der Waals surface area contributed by atoms with Crippen molar-refractivity contribution in [2.24, 2.45) is 0 Å². The number of nitrogens with zero attached hydrogens (tertiary/aromatic N) is 4. The summed E-state index contributed by atoms with van der Waals surface area (Å²) in [5.41, 5.74) is -0.401. The summed E-state index contributed by atoms with van der Waals surface area (Å²) in [7, 11) is -3.47. The summed E-state index contributed by atoms with van der Waals surface area (Å²) in [6, 6.07) is -1.18. The maximum absolute atomic E-state index is 14.7. The fraction of sp³-hybridized carbons (Fsp3) is 0.591. The summed E-state index contributed by atoms with van der Waals surface area (Å²) in [5, 5.41) is 14.5. The van der Waals surface area contributed by atoms with Crippen LogP contribution in [0.2, 0.25) is 0 Å². The summed E-state index contributed by atoms with van der Waals surface area (Å²) < 4.78 is 40.8. The number of hydrogen-bond donors (Lipinski definition) is 2. The molecule has 2 aromatic heterocycles. The number of halogens is 1. The number of aryl methyl sites for hydroxylation is 1. The van der Waals surface area contributed by atoms with Gasteiger partial charge >= 0.3 is 0 Å². The predicted octanol–water partition coefficient (Wildman–Crippen LogP) is 1.34. The van der Waals surface area contributed by atoms with Crippen molar-refractivity contribution in [3.63, 3.8) is 0 Å². The molecule has 1 aliphatic carbocycles. The molecule has 1 saturated heterocycles. The van der Waals surface area contributed by atoms with Crippen LogP contribution < -0.4 is 10.9 Å². The SMILES string of the molecule is C#Cc1c(C)c2cnc(N[C@@H]3CCN(S(C)(=O)=O)C[C@H]3F)nc2n([C@@H]2CCC[C@@]2(C)O)c1=O. The molecule has 4 rings (SSSR count). The molecule has 0 aromatic carbocycles. The summed E-state index contributed by atoms with van der Waals surface area (Å²) in [5.74, 6) is 2.59. The highest BCUT2D eigenvalue weighted by atomic mass is 32.2. The number of hydrogen-bond acceptors (Lipinski definition) is 7. The van der Waals surface area contributed by atoms with Crippen molar-refractivity contribution in [1.82, 2.24) is 18.8 Å². The topological polar surface area (TPSA) is 117 Å². The van der Waals surface area contributed by atoms with E-state index in [0.717, 1.165) is 17.0 Å². The Labute approximate surface area is 192 Å². The van der Waals surface area contributed by atoms with Crippen LogP contribution >= 0.6 is 0 Å². The third-order valence-corrected chi connectivity index (χ3v) is 8.10. The van der Waals surface area contributed by atoms with E-state index in [9.17, 15) is 22.7 Å². The first-order valence-corrected chi connectivity index (χ1v) is 12.8. The normalized spacial score (nSPS) is 28.7. The van der Waals surface area contributed by atoms with Crippen molar-refractivity contribution in [1.29, 1.82) is 0 Å². The molecule has 0 amide bonds. The van der Waals surface area contributed by atoms with Gasteiger partial charge in [0.05, 0.1) is 29.5 Å². The molecule has 2 aliphatic rings. The van der Waals surface area contributed by atoms with E-state index in [-0.39, 0.29) is 31.0 Å². The first-order chi connectivity index (χ1) is 15.4. The van der Waals surface area contributed by atoms with Crippen molar-refractivity contribution in [3.05, 3.63) is 27.7 Å². The lowest BCUT2D eigenvalue weighted by Crippen LogP contribution is -2.49. The minimum Gasteiger partial charge on any atom is -0.388 e. The zero-order valence-corrected chi connectivity index (χ0v) is 19.7. The number of piperidine rings is 1. The largest absolute Gasteiger partial charge is 0.388 e. The van der Waals surface area contributed by atoms with Crippen molar-refractivity contribution in [2.45, 2.75) is 63.4 Å². The zero-order chi connectivity index (χ0) is 24.1. The first kappa shape index (κ1) is 23.6. The Morgan fingerprint density at radius 3 is 2.70 bits per heavy atom. The lowest BCUT2D eigenvalue weighted by molar-refractivity contribution is 0.0266. The molecule has 1 saturated carbocycles. The molecule has 9 nitrogen and oxygen atoms in total. The fourth-order valence-electron chi connectivity index (χ4n) is 4.91.